The lowest BCUT2D eigenvalue weighted by Crippen LogP contribution is -2.53. The number of carbonyl (C=O) groups is 3. The number of hydrogen-bond acceptors (Lipinski definition) is 5. The molecule has 3 N–H and O–H groups in total. The summed E-state index contributed by atoms with van der Waals surface area (Å²) in [5, 5.41) is 8.09. The molecule has 0 fully saturated rings. The molecule has 31 heavy (non-hydrogen) atoms. The summed E-state index contributed by atoms with van der Waals surface area (Å²) >= 11 is 0. The van der Waals surface area contributed by atoms with Gasteiger partial charge in [0.05, 0.1) is 12.8 Å². The van der Waals surface area contributed by atoms with E-state index in [1.165, 1.54) is 6.26 Å². The fraction of sp³-hybridized carbons (Fsp3) is 0.435. The van der Waals surface area contributed by atoms with Crippen LogP contribution in [0.2, 0.25) is 0 Å². The van der Waals surface area contributed by atoms with Crippen LogP contribution >= 0.6 is 0 Å². The van der Waals surface area contributed by atoms with Crippen molar-refractivity contribution < 1.29 is 23.5 Å². The van der Waals surface area contributed by atoms with E-state index in [1.54, 1.807) is 19.1 Å². The Morgan fingerprint density at radius 2 is 1.71 bits per heavy atom. The van der Waals surface area contributed by atoms with Gasteiger partial charge in [-0.15, -0.1) is 0 Å². The maximum atomic E-state index is 12.8. The smallest absolute Gasteiger partial charge is 0.408 e. The van der Waals surface area contributed by atoms with Crippen molar-refractivity contribution in [3.63, 3.8) is 0 Å². The van der Waals surface area contributed by atoms with Gasteiger partial charge in [0, 0.05) is 0 Å². The molecule has 0 bridgehead atoms. The van der Waals surface area contributed by atoms with E-state index in [4.69, 9.17) is 9.15 Å². The number of benzene rings is 1. The summed E-state index contributed by atoms with van der Waals surface area (Å²) < 4.78 is 10.4. The number of nitrogens with one attached hydrogen (secondary N) is 3. The molecule has 0 unspecified atom stereocenters. The van der Waals surface area contributed by atoms with Crippen molar-refractivity contribution >= 4 is 17.9 Å². The van der Waals surface area contributed by atoms with E-state index >= 15 is 0 Å². The van der Waals surface area contributed by atoms with Crippen molar-refractivity contribution in [2.45, 2.75) is 58.8 Å². The van der Waals surface area contributed by atoms with Gasteiger partial charge < -0.3 is 25.1 Å². The Kier molecular flexibility index (Phi) is 9.61. The first-order valence-corrected chi connectivity index (χ1v) is 10.5. The number of hydrogen-bond donors (Lipinski definition) is 3. The Morgan fingerprint density at radius 1 is 0.968 bits per heavy atom. The third kappa shape index (κ3) is 8.54. The van der Waals surface area contributed by atoms with E-state index in [2.05, 4.69) is 16.0 Å². The van der Waals surface area contributed by atoms with Crippen molar-refractivity contribution in [1.82, 2.24) is 16.0 Å². The first kappa shape index (κ1) is 24.0. The summed E-state index contributed by atoms with van der Waals surface area (Å²) in [6.07, 6.45) is 1.67. The van der Waals surface area contributed by atoms with Crippen LogP contribution < -0.4 is 16.0 Å². The molecule has 1 heterocycles. The van der Waals surface area contributed by atoms with Crippen LogP contribution in [0.3, 0.4) is 0 Å². The average Bonchev–Trinajstić information content (AvgIpc) is 3.28. The van der Waals surface area contributed by atoms with E-state index < -0.39 is 24.1 Å². The third-order valence-electron chi connectivity index (χ3n) is 4.59. The summed E-state index contributed by atoms with van der Waals surface area (Å²) in [4.78, 5) is 37.5. The lowest BCUT2D eigenvalue weighted by atomic mass is 10.0. The maximum absolute atomic E-state index is 12.8. The molecular weight excluding hydrogens is 398 g/mol. The summed E-state index contributed by atoms with van der Waals surface area (Å²) in [5.41, 5.74) is 0.849. The van der Waals surface area contributed by atoms with E-state index in [9.17, 15) is 14.4 Å². The van der Waals surface area contributed by atoms with Gasteiger partial charge in [-0.05, 0) is 36.5 Å². The van der Waals surface area contributed by atoms with Gasteiger partial charge >= 0.3 is 6.09 Å². The van der Waals surface area contributed by atoms with Gasteiger partial charge in [-0.1, -0.05) is 51.1 Å². The molecule has 0 spiro atoms. The molecule has 0 aliphatic rings. The van der Waals surface area contributed by atoms with Gasteiger partial charge in [0.25, 0.3) is 0 Å². The molecule has 1 aromatic carbocycles. The Balaban J connectivity index is 1.90. The maximum Gasteiger partial charge on any atom is 0.408 e. The molecule has 0 saturated heterocycles. The van der Waals surface area contributed by atoms with Crippen LogP contribution in [0.4, 0.5) is 4.79 Å². The second-order valence-corrected chi connectivity index (χ2v) is 7.65. The molecule has 3 amide bonds. The highest BCUT2D eigenvalue weighted by molar-refractivity contribution is 5.91. The fourth-order valence-electron chi connectivity index (χ4n) is 2.95. The Hall–Kier alpha value is -3.29. The first-order chi connectivity index (χ1) is 14.9. The minimum absolute atomic E-state index is 0.107. The van der Waals surface area contributed by atoms with Crippen molar-refractivity contribution in [2.24, 2.45) is 5.92 Å². The number of carbonyl (C=O) groups excluding carboxylic acids is 3. The molecular formula is C23H31N3O5. The Morgan fingerprint density at radius 3 is 2.32 bits per heavy atom. The number of ether oxygens (including phenoxy) is 1. The highest BCUT2D eigenvalue weighted by atomic mass is 16.5. The molecule has 8 heteroatoms. The normalized spacial score (nSPS) is 12.6. The zero-order chi connectivity index (χ0) is 22.6. The zero-order valence-electron chi connectivity index (χ0n) is 18.2. The van der Waals surface area contributed by atoms with Crippen LogP contribution in [0.1, 0.15) is 44.9 Å². The molecule has 0 aliphatic heterocycles. The van der Waals surface area contributed by atoms with E-state index in [0.717, 1.165) is 5.56 Å². The topological polar surface area (TPSA) is 110 Å². The van der Waals surface area contributed by atoms with Crippen LogP contribution in [0, 0.1) is 5.92 Å². The Labute approximate surface area is 182 Å². The molecule has 8 nitrogen and oxygen atoms in total. The van der Waals surface area contributed by atoms with Crippen molar-refractivity contribution in [3.05, 3.63) is 60.1 Å². The van der Waals surface area contributed by atoms with Crippen molar-refractivity contribution in [1.29, 1.82) is 0 Å². The second kappa shape index (κ2) is 12.4. The lowest BCUT2D eigenvalue weighted by molar-refractivity contribution is -0.130. The molecule has 2 aromatic rings. The second-order valence-electron chi connectivity index (χ2n) is 7.65. The Bertz CT molecular complexity index is 821. The van der Waals surface area contributed by atoms with Crippen molar-refractivity contribution in [2.75, 3.05) is 0 Å². The summed E-state index contributed by atoms with van der Waals surface area (Å²) in [7, 11) is 0. The molecule has 2 rings (SSSR count). The minimum Gasteiger partial charge on any atom is -0.467 e. The third-order valence-corrected chi connectivity index (χ3v) is 4.59. The van der Waals surface area contributed by atoms with Gasteiger partial charge in [0.1, 0.15) is 24.5 Å². The number of alkyl carbamates (subject to hydrolysis) is 1. The summed E-state index contributed by atoms with van der Waals surface area (Å²) in [6.45, 7) is 6.04. The van der Waals surface area contributed by atoms with Crippen LogP contribution in [0.25, 0.3) is 0 Å². The van der Waals surface area contributed by atoms with Crippen LogP contribution in [0.5, 0.6) is 0 Å². The molecule has 1 aromatic heterocycles. The predicted molar refractivity (Wildman–Crippen MR) is 116 cm³/mol. The highest BCUT2D eigenvalue weighted by Crippen LogP contribution is 2.08. The molecule has 0 radical (unpaired) electrons. The van der Waals surface area contributed by atoms with Crippen LogP contribution in [0.15, 0.2) is 53.1 Å². The number of furan rings is 1. The highest BCUT2D eigenvalue weighted by Gasteiger charge is 2.27. The van der Waals surface area contributed by atoms with Crippen LogP contribution in [-0.2, 0) is 27.5 Å². The molecule has 0 aliphatic carbocycles. The minimum atomic E-state index is -0.810. The first-order valence-electron chi connectivity index (χ1n) is 10.5. The number of rotatable bonds is 11. The quantitative estimate of drug-likeness (QED) is 0.508. The van der Waals surface area contributed by atoms with Gasteiger partial charge in [0.2, 0.25) is 11.8 Å². The zero-order valence-corrected chi connectivity index (χ0v) is 18.2. The SMILES string of the molecule is CC[C@H](NC(=O)[C@H](CC(C)C)NC(=O)OCc1ccccc1)C(=O)NCc1ccco1. The molecule has 168 valence electrons. The molecule has 2 atom stereocenters. The van der Waals surface area contributed by atoms with Crippen molar-refractivity contribution in [3.8, 4) is 0 Å². The van der Waals surface area contributed by atoms with E-state index in [1.807, 2.05) is 44.2 Å². The predicted octanol–water partition coefficient (Wildman–Crippen LogP) is 3.13. The lowest BCUT2D eigenvalue weighted by Gasteiger charge is -2.23. The van der Waals surface area contributed by atoms with E-state index in [0.29, 0.717) is 18.6 Å². The summed E-state index contributed by atoms with van der Waals surface area (Å²) in [6, 6.07) is 11.2. The fourth-order valence-corrected chi connectivity index (χ4v) is 2.95. The molecule has 0 saturated carbocycles. The number of amides is 3. The van der Waals surface area contributed by atoms with Gasteiger partial charge in [-0.25, -0.2) is 4.79 Å². The van der Waals surface area contributed by atoms with Crippen LogP contribution in [-0.4, -0.2) is 30.0 Å². The van der Waals surface area contributed by atoms with Gasteiger partial charge in [-0.3, -0.25) is 9.59 Å². The monoisotopic (exact) mass is 429 g/mol. The largest absolute Gasteiger partial charge is 0.467 e. The van der Waals surface area contributed by atoms with Gasteiger partial charge in [-0.2, -0.15) is 0 Å². The van der Waals surface area contributed by atoms with E-state index in [-0.39, 0.29) is 25.0 Å². The standard InChI is InChI=1S/C23H31N3O5/c1-4-19(21(27)24-14-18-11-8-12-30-18)25-22(28)20(13-16(2)3)26-23(29)31-15-17-9-6-5-7-10-17/h5-12,16,19-20H,4,13-15H2,1-3H3,(H,24,27)(H,25,28)(H,26,29)/t19-,20-/m0/s1. The summed E-state index contributed by atoms with van der Waals surface area (Å²) in [5.74, 6) is 0.0284. The van der Waals surface area contributed by atoms with Gasteiger partial charge in [0.15, 0.2) is 0 Å². The average molecular weight is 430 g/mol.